The van der Waals surface area contributed by atoms with Crippen molar-refractivity contribution in [3.8, 4) is 0 Å². The zero-order valence-electron chi connectivity index (χ0n) is 10.2. The van der Waals surface area contributed by atoms with Gasteiger partial charge in [-0.3, -0.25) is 9.13 Å². The fourth-order valence-electron chi connectivity index (χ4n) is 2.24. The van der Waals surface area contributed by atoms with Crippen LogP contribution in [0.25, 0.3) is 21.8 Å². The fourth-order valence-corrected chi connectivity index (χ4v) is 2.44. The molecule has 0 atom stereocenters. The maximum atomic E-state index is 11.9. The van der Waals surface area contributed by atoms with Gasteiger partial charge in [-0.2, -0.15) is 5.10 Å². The zero-order chi connectivity index (χ0) is 13.0. The first-order valence-corrected chi connectivity index (χ1v) is 5.86. The molecule has 3 rings (SSSR count). The van der Waals surface area contributed by atoms with E-state index in [0.29, 0.717) is 5.15 Å². The minimum Gasteiger partial charge on any atom is -0.295 e. The highest BCUT2D eigenvalue weighted by molar-refractivity contribution is 6.34. The third kappa shape index (κ3) is 1.31. The SMILES string of the molecule is Cc1nnc(Cl)c2cc3c(cc12)n(C)c(=O)n3C. The zero-order valence-corrected chi connectivity index (χ0v) is 11.0. The number of nitrogens with zero attached hydrogens (tertiary/aromatic N) is 4. The molecule has 2 aromatic heterocycles. The first kappa shape index (κ1) is 11.2. The molecule has 18 heavy (non-hydrogen) atoms. The highest BCUT2D eigenvalue weighted by Gasteiger charge is 2.12. The van der Waals surface area contributed by atoms with Crippen LogP contribution in [0.5, 0.6) is 0 Å². The lowest BCUT2D eigenvalue weighted by Gasteiger charge is -2.04. The van der Waals surface area contributed by atoms with Crippen LogP contribution in [0.4, 0.5) is 0 Å². The lowest BCUT2D eigenvalue weighted by molar-refractivity contribution is 0.795. The Balaban J connectivity index is 2.64. The molecule has 0 spiro atoms. The van der Waals surface area contributed by atoms with Crippen LogP contribution in [0.15, 0.2) is 16.9 Å². The van der Waals surface area contributed by atoms with E-state index >= 15 is 0 Å². The number of aromatic nitrogens is 4. The van der Waals surface area contributed by atoms with Crippen molar-refractivity contribution in [3.63, 3.8) is 0 Å². The Bertz CT molecular complexity index is 779. The lowest BCUT2D eigenvalue weighted by atomic mass is 10.1. The summed E-state index contributed by atoms with van der Waals surface area (Å²) in [5.74, 6) is 0. The molecule has 6 heteroatoms. The molecular weight excluding hydrogens is 252 g/mol. The number of imidazole rings is 1. The van der Waals surface area contributed by atoms with Gasteiger partial charge >= 0.3 is 5.69 Å². The van der Waals surface area contributed by atoms with Crippen LogP contribution in [0.2, 0.25) is 5.15 Å². The highest BCUT2D eigenvalue weighted by atomic mass is 35.5. The molecule has 0 fully saturated rings. The van der Waals surface area contributed by atoms with Gasteiger partial charge in [0, 0.05) is 24.9 Å². The van der Waals surface area contributed by atoms with Crippen LogP contribution in [-0.4, -0.2) is 19.3 Å². The Morgan fingerprint density at radius 3 is 2.22 bits per heavy atom. The molecule has 0 saturated heterocycles. The van der Waals surface area contributed by atoms with Crippen molar-refractivity contribution >= 4 is 33.4 Å². The molecule has 0 aliphatic heterocycles. The Kier molecular flexibility index (Phi) is 2.22. The summed E-state index contributed by atoms with van der Waals surface area (Å²) in [4.78, 5) is 11.9. The van der Waals surface area contributed by atoms with Crippen molar-refractivity contribution in [1.29, 1.82) is 0 Å². The van der Waals surface area contributed by atoms with Gasteiger partial charge in [-0.25, -0.2) is 4.79 Å². The first-order valence-electron chi connectivity index (χ1n) is 5.48. The molecule has 5 nitrogen and oxygen atoms in total. The molecule has 0 N–H and O–H groups in total. The number of benzene rings is 1. The van der Waals surface area contributed by atoms with E-state index in [1.165, 1.54) is 0 Å². The summed E-state index contributed by atoms with van der Waals surface area (Å²) in [5, 5.41) is 9.98. The number of hydrogen-bond acceptors (Lipinski definition) is 3. The molecular formula is C12H11ClN4O. The normalized spacial score (nSPS) is 11.6. The number of hydrogen-bond donors (Lipinski definition) is 0. The summed E-state index contributed by atoms with van der Waals surface area (Å²) in [6.45, 7) is 1.87. The van der Waals surface area contributed by atoms with Crippen molar-refractivity contribution in [3.05, 3.63) is 33.5 Å². The van der Waals surface area contributed by atoms with Gasteiger partial charge in [0.2, 0.25) is 0 Å². The third-order valence-corrected chi connectivity index (χ3v) is 3.59. The summed E-state index contributed by atoms with van der Waals surface area (Å²) in [6, 6.07) is 3.82. The van der Waals surface area contributed by atoms with Crippen LogP contribution < -0.4 is 5.69 Å². The Labute approximate surface area is 108 Å². The van der Waals surface area contributed by atoms with Crippen molar-refractivity contribution in [1.82, 2.24) is 19.3 Å². The van der Waals surface area contributed by atoms with Gasteiger partial charge in [-0.05, 0) is 19.1 Å². The third-order valence-electron chi connectivity index (χ3n) is 3.31. The average Bonchev–Trinajstić information content (AvgIpc) is 2.58. The van der Waals surface area contributed by atoms with E-state index in [4.69, 9.17) is 11.6 Å². The topological polar surface area (TPSA) is 52.7 Å². The quantitative estimate of drug-likeness (QED) is 0.621. The number of rotatable bonds is 0. The molecule has 2 heterocycles. The van der Waals surface area contributed by atoms with Crippen molar-refractivity contribution in [2.24, 2.45) is 14.1 Å². The standard InChI is InChI=1S/C12H11ClN4O/c1-6-7-4-9-10(17(3)12(18)16(9)2)5-8(7)11(13)15-14-6/h4-5H,1-3H3. The molecule has 0 saturated carbocycles. The fraction of sp³-hybridized carbons (Fsp3) is 0.250. The van der Waals surface area contributed by atoms with Crippen LogP contribution >= 0.6 is 11.6 Å². The highest BCUT2D eigenvalue weighted by Crippen LogP contribution is 2.27. The summed E-state index contributed by atoms with van der Waals surface area (Å²) < 4.78 is 3.21. The van der Waals surface area contributed by atoms with Crippen molar-refractivity contribution in [2.75, 3.05) is 0 Å². The molecule has 0 radical (unpaired) electrons. The molecule has 0 aliphatic carbocycles. The van der Waals surface area contributed by atoms with Gasteiger partial charge in [0.1, 0.15) is 0 Å². The van der Waals surface area contributed by atoms with Crippen LogP contribution in [0.3, 0.4) is 0 Å². The maximum Gasteiger partial charge on any atom is 0.328 e. The summed E-state index contributed by atoms with van der Waals surface area (Å²) in [7, 11) is 3.49. The predicted molar refractivity (Wildman–Crippen MR) is 71.0 cm³/mol. The van der Waals surface area contributed by atoms with Crippen LogP contribution in [0, 0.1) is 6.92 Å². The summed E-state index contributed by atoms with van der Waals surface area (Å²) in [5.41, 5.74) is 2.44. The lowest BCUT2D eigenvalue weighted by Crippen LogP contribution is -2.19. The smallest absolute Gasteiger partial charge is 0.295 e. The maximum absolute atomic E-state index is 11.9. The number of halogens is 1. The van der Waals surface area contributed by atoms with Gasteiger partial charge in [0.25, 0.3) is 0 Å². The molecule has 0 amide bonds. The van der Waals surface area contributed by atoms with E-state index in [0.717, 1.165) is 27.5 Å². The largest absolute Gasteiger partial charge is 0.328 e. The molecule has 92 valence electrons. The monoisotopic (exact) mass is 262 g/mol. The van der Waals surface area contributed by atoms with E-state index in [1.54, 1.807) is 23.2 Å². The predicted octanol–water partition coefficient (Wildman–Crippen LogP) is 1.78. The second-order valence-corrected chi connectivity index (χ2v) is 4.72. The minimum atomic E-state index is -0.0602. The number of fused-ring (bicyclic) bond motifs is 2. The Morgan fingerprint density at radius 1 is 1.06 bits per heavy atom. The van der Waals surface area contributed by atoms with Crippen LogP contribution in [0.1, 0.15) is 5.69 Å². The van der Waals surface area contributed by atoms with E-state index in [2.05, 4.69) is 10.2 Å². The molecule has 0 aliphatic rings. The summed E-state index contributed by atoms with van der Waals surface area (Å²) >= 11 is 6.06. The number of aryl methyl sites for hydroxylation is 3. The summed E-state index contributed by atoms with van der Waals surface area (Å²) in [6.07, 6.45) is 0. The van der Waals surface area contributed by atoms with Gasteiger partial charge in [0.15, 0.2) is 5.15 Å². The minimum absolute atomic E-state index is 0.0602. The van der Waals surface area contributed by atoms with E-state index < -0.39 is 0 Å². The molecule has 3 aromatic rings. The van der Waals surface area contributed by atoms with E-state index in [9.17, 15) is 4.79 Å². The van der Waals surface area contributed by atoms with Gasteiger partial charge in [-0.1, -0.05) is 11.6 Å². The molecule has 0 bridgehead atoms. The Hall–Kier alpha value is -1.88. The van der Waals surface area contributed by atoms with Gasteiger partial charge in [-0.15, -0.1) is 5.10 Å². The average molecular weight is 263 g/mol. The van der Waals surface area contributed by atoms with Crippen molar-refractivity contribution in [2.45, 2.75) is 6.92 Å². The van der Waals surface area contributed by atoms with E-state index in [1.807, 2.05) is 19.1 Å². The second kappa shape index (κ2) is 3.55. The Morgan fingerprint density at radius 2 is 1.61 bits per heavy atom. The first-order chi connectivity index (χ1) is 8.50. The second-order valence-electron chi connectivity index (χ2n) is 4.36. The van der Waals surface area contributed by atoms with Gasteiger partial charge in [0.05, 0.1) is 16.7 Å². The van der Waals surface area contributed by atoms with Crippen LogP contribution in [-0.2, 0) is 14.1 Å². The molecule has 1 aromatic carbocycles. The van der Waals surface area contributed by atoms with E-state index in [-0.39, 0.29) is 5.69 Å². The van der Waals surface area contributed by atoms with Crippen molar-refractivity contribution < 1.29 is 0 Å². The van der Waals surface area contributed by atoms with Gasteiger partial charge < -0.3 is 0 Å². The molecule has 0 unspecified atom stereocenters.